The first-order valence-electron chi connectivity index (χ1n) is 18.1. The second-order valence-electron chi connectivity index (χ2n) is 14.0. The molecule has 6 rings (SSSR count). The maximum absolute atomic E-state index is 14.5. The summed E-state index contributed by atoms with van der Waals surface area (Å²) in [6.45, 7) is 6.71. The van der Waals surface area contributed by atoms with Crippen LogP contribution >= 0.6 is 0 Å². The van der Waals surface area contributed by atoms with Crippen molar-refractivity contribution in [2.45, 2.75) is 107 Å². The molecule has 5 atom stereocenters. The van der Waals surface area contributed by atoms with Crippen molar-refractivity contribution in [3.8, 4) is 5.88 Å². The largest absolute Gasteiger partial charge is 0.471 e. The molecule has 5 unspecified atom stereocenters. The Hall–Kier alpha value is -5.13. The van der Waals surface area contributed by atoms with Gasteiger partial charge in [0.25, 0.3) is 11.8 Å². The molecule has 3 aromatic rings. The van der Waals surface area contributed by atoms with E-state index < -0.39 is 76.1 Å². The molecular formula is C37H42F3N7O7S. The van der Waals surface area contributed by atoms with Gasteiger partial charge in [0, 0.05) is 18.4 Å². The minimum atomic E-state index is -4.96. The number of ether oxygens (including phenoxy) is 1. The molecule has 3 aliphatic rings. The zero-order chi connectivity index (χ0) is 39.5. The number of aryl methyl sites for hydroxylation is 1. The number of aromatic nitrogens is 3. The molecule has 3 N–H and O–H groups in total. The highest BCUT2D eigenvalue weighted by Gasteiger charge is 2.48. The van der Waals surface area contributed by atoms with Crippen LogP contribution in [0, 0.1) is 13.8 Å². The highest BCUT2D eigenvalue weighted by molar-refractivity contribution is 7.84. The van der Waals surface area contributed by atoms with Crippen LogP contribution in [0.1, 0.15) is 85.3 Å². The molecule has 2 aliphatic heterocycles. The fraction of sp³-hybridized carbons (Fsp3) is 0.486. The Morgan fingerprint density at radius 3 is 2.47 bits per heavy atom. The van der Waals surface area contributed by atoms with Crippen LogP contribution in [0.25, 0.3) is 11.0 Å². The van der Waals surface area contributed by atoms with Crippen molar-refractivity contribution in [3.63, 3.8) is 0 Å². The van der Waals surface area contributed by atoms with Gasteiger partial charge in [-0.15, -0.1) is 6.58 Å². The topological polar surface area (TPSA) is 186 Å². The molecule has 1 aromatic carbocycles. The van der Waals surface area contributed by atoms with Crippen LogP contribution in [-0.2, 0) is 31.5 Å². The number of para-hydroxylation sites is 2. The number of rotatable bonds is 8. The van der Waals surface area contributed by atoms with E-state index in [-0.39, 0.29) is 47.8 Å². The number of hydrogen-bond acceptors (Lipinski definition) is 10. The van der Waals surface area contributed by atoms with Gasteiger partial charge >= 0.3 is 6.18 Å². The Kier molecular flexibility index (Phi) is 11.7. The first-order chi connectivity index (χ1) is 26.2. The minimum absolute atomic E-state index is 0.0114. The van der Waals surface area contributed by atoms with Gasteiger partial charge in [-0.05, 0) is 58.1 Å². The van der Waals surface area contributed by atoms with E-state index in [4.69, 9.17) is 9.26 Å². The highest BCUT2D eigenvalue weighted by Crippen LogP contribution is 2.37. The Bertz CT molecular complexity index is 2030. The van der Waals surface area contributed by atoms with Crippen molar-refractivity contribution in [3.05, 3.63) is 71.8 Å². The molecule has 4 heterocycles. The number of amides is 4. The molecule has 2 fully saturated rings. The lowest BCUT2D eigenvalue weighted by Gasteiger charge is -2.33. The average molecular weight is 786 g/mol. The van der Waals surface area contributed by atoms with Crippen LogP contribution in [-0.4, -0.2) is 83.4 Å². The van der Waals surface area contributed by atoms with Crippen molar-refractivity contribution in [1.29, 1.82) is 0 Å². The van der Waals surface area contributed by atoms with E-state index in [0.717, 1.165) is 4.90 Å². The summed E-state index contributed by atoms with van der Waals surface area (Å²) in [5, 5.41) is 9.07. The quantitative estimate of drug-likeness (QED) is 0.278. The summed E-state index contributed by atoms with van der Waals surface area (Å²) in [7, 11) is -1.71. The SMILES string of the molecule is C=CC1(C(=O)NS(=O)C2CC2)CC=CCCCCCC(NC(=O)c2noc(C)c2C)C(=O)N2CC(Oc3nc4ccccc4nc3C(F)(F)F)CC2C(=O)N1. The lowest BCUT2D eigenvalue weighted by molar-refractivity contribution is -0.143. The zero-order valence-corrected chi connectivity index (χ0v) is 31.1. The Labute approximate surface area is 317 Å². The van der Waals surface area contributed by atoms with Crippen LogP contribution in [0.4, 0.5) is 13.2 Å². The van der Waals surface area contributed by atoms with Crippen LogP contribution < -0.4 is 20.1 Å². The second kappa shape index (κ2) is 16.3. The second-order valence-corrected chi connectivity index (χ2v) is 15.5. The Morgan fingerprint density at radius 2 is 1.82 bits per heavy atom. The van der Waals surface area contributed by atoms with Crippen molar-refractivity contribution < 1.29 is 45.8 Å². The van der Waals surface area contributed by atoms with Gasteiger partial charge in [-0.3, -0.25) is 23.9 Å². The van der Waals surface area contributed by atoms with E-state index in [2.05, 4.69) is 37.1 Å². The maximum Gasteiger partial charge on any atom is 0.438 e. The van der Waals surface area contributed by atoms with Crippen molar-refractivity contribution in [2.24, 2.45) is 0 Å². The number of hydrogen-bond donors (Lipinski definition) is 3. The Balaban J connectivity index is 1.36. The number of nitrogens with zero attached hydrogens (tertiary/aromatic N) is 4. The molecule has 0 bridgehead atoms. The van der Waals surface area contributed by atoms with Crippen LogP contribution in [0.15, 0.2) is 53.6 Å². The smallest absolute Gasteiger partial charge is 0.438 e. The van der Waals surface area contributed by atoms with Crippen molar-refractivity contribution >= 4 is 45.6 Å². The number of carbonyl (C=O) groups is 4. The van der Waals surface area contributed by atoms with Gasteiger partial charge in [0.15, 0.2) is 5.69 Å². The van der Waals surface area contributed by atoms with E-state index in [9.17, 15) is 36.6 Å². The number of allylic oxidation sites excluding steroid dienone is 1. The summed E-state index contributed by atoms with van der Waals surface area (Å²) in [5.74, 6) is -3.43. The molecule has 18 heteroatoms. The van der Waals surface area contributed by atoms with E-state index in [0.29, 0.717) is 49.8 Å². The summed E-state index contributed by atoms with van der Waals surface area (Å²) in [4.78, 5) is 65.1. The number of benzene rings is 1. The number of nitrogens with one attached hydrogen (secondary N) is 3. The average Bonchev–Trinajstić information content (AvgIpc) is 3.84. The molecule has 1 saturated carbocycles. The third-order valence-electron chi connectivity index (χ3n) is 10.00. The molecular weight excluding hydrogens is 744 g/mol. The normalized spacial score (nSPS) is 24.6. The van der Waals surface area contributed by atoms with Crippen molar-refractivity contribution in [2.75, 3.05) is 6.54 Å². The Morgan fingerprint density at radius 1 is 1.09 bits per heavy atom. The first-order valence-corrected chi connectivity index (χ1v) is 19.3. The van der Waals surface area contributed by atoms with Gasteiger partial charge < -0.3 is 24.8 Å². The van der Waals surface area contributed by atoms with Gasteiger partial charge in [0.2, 0.25) is 23.4 Å². The molecule has 14 nitrogen and oxygen atoms in total. The lowest BCUT2D eigenvalue weighted by Crippen LogP contribution is -2.62. The van der Waals surface area contributed by atoms with Crippen LogP contribution in [0.3, 0.4) is 0 Å². The summed E-state index contributed by atoms with van der Waals surface area (Å²) >= 11 is 0. The molecule has 2 aromatic heterocycles. The molecule has 55 heavy (non-hydrogen) atoms. The van der Waals surface area contributed by atoms with E-state index in [1.807, 2.05) is 6.08 Å². The van der Waals surface area contributed by atoms with Gasteiger partial charge in [-0.25, -0.2) is 14.2 Å². The fourth-order valence-electron chi connectivity index (χ4n) is 6.55. The molecule has 1 aliphatic carbocycles. The first kappa shape index (κ1) is 39.6. The summed E-state index contributed by atoms with van der Waals surface area (Å²) in [6, 6.07) is 3.37. The van der Waals surface area contributed by atoms with Crippen LogP contribution in [0.5, 0.6) is 5.88 Å². The van der Waals surface area contributed by atoms with Gasteiger partial charge in [0.05, 0.1) is 22.8 Å². The number of halogens is 3. The van der Waals surface area contributed by atoms with Crippen molar-refractivity contribution in [1.82, 2.24) is 35.4 Å². The maximum atomic E-state index is 14.5. The van der Waals surface area contributed by atoms with Crippen LogP contribution in [0.2, 0.25) is 0 Å². The van der Waals surface area contributed by atoms with E-state index >= 15 is 0 Å². The molecule has 4 amide bonds. The summed E-state index contributed by atoms with van der Waals surface area (Å²) in [6.07, 6.45) is 2.24. The predicted molar refractivity (Wildman–Crippen MR) is 194 cm³/mol. The fourth-order valence-corrected chi connectivity index (χ4v) is 7.65. The third-order valence-corrected chi connectivity index (χ3v) is 11.5. The highest BCUT2D eigenvalue weighted by atomic mass is 32.2. The third kappa shape index (κ3) is 8.89. The molecule has 0 radical (unpaired) electrons. The number of fused-ring (bicyclic) bond motifs is 2. The van der Waals surface area contributed by atoms with Gasteiger partial charge in [-0.2, -0.15) is 13.2 Å². The minimum Gasteiger partial charge on any atom is -0.471 e. The van der Waals surface area contributed by atoms with Gasteiger partial charge in [-0.1, -0.05) is 48.4 Å². The van der Waals surface area contributed by atoms with E-state index in [1.54, 1.807) is 26.0 Å². The zero-order valence-electron chi connectivity index (χ0n) is 30.3. The molecule has 1 saturated heterocycles. The predicted octanol–water partition coefficient (Wildman–Crippen LogP) is 4.29. The number of carbonyl (C=O) groups excluding carboxylic acids is 4. The van der Waals surface area contributed by atoms with E-state index in [1.165, 1.54) is 24.3 Å². The summed E-state index contributed by atoms with van der Waals surface area (Å²) in [5.41, 5.74) is -2.63. The standard InChI is InChI=1S/C37H42F3N7O7S/c1-4-36(35(51)46-55(52)24-16-17-24)18-12-8-6-5-7-9-15-27(42-32(49)29-21(2)22(3)54-45-29)34(50)47-20-23(19-28(47)31(48)44-36)53-33-30(37(38,39)40)41-25-13-10-11-14-26(25)43-33/h4,8,10-14,23-24,27-28H,1,5-7,9,15-20H2,2-3H3,(H,42,49)(H,44,48)(H,46,51). The summed E-state index contributed by atoms with van der Waals surface area (Å²) < 4.78 is 69.2. The number of alkyl halides is 3. The monoisotopic (exact) mass is 785 g/mol. The lowest BCUT2D eigenvalue weighted by atomic mass is 9.93. The molecule has 0 spiro atoms. The van der Waals surface area contributed by atoms with Gasteiger partial charge in [0.1, 0.15) is 40.5 Å². The molecule has 294 valence electrons.